The van der Waals surface area contributed by atoms with Crippen molar-refractivity contribution in [1.29, 1.82) is 0 Å². The largest absolute Gasteiger partial charge is 0.496 e. The van der Waals surface area contributed by atoms with Crippen molar-refractivity contribution in [3.8, 4) is 5.75 Å². The molecule has 0 aliphatic heterocycles. The van der Waals surface area contributed by atoms with Crippen LogP contribution < -0.4 is 4.74 Å². The van der Waals surface area contributed by atoms with Crippen molar-refractivity contribution in [2.24, 2.45) is 11.8 Å². The fraction of sp³-hybridized carbons (Fsp3) is 0.588. The normalized spacial score (nSPS) is 19.0. The van der Waals surface area contributed by atoms with Crippen molar-refractivity contribution < 1.29 is 19.7 Å². The summed E-state index contributed by atoms with van der Waals surface area (Å²) >= 11 is 0. The first-order valence-electron chi connectivity index (χ1n) is 7.66. The van der Waals surface area contributed by atoms with Gasteiger partial charge in [0, 0.05) is 0 Å². The Morgan fingerprint density at radius 1 is 1.29 bits per heavy atom. The molecule has 0 radical (unpaired) electrons. The summed E-state index contributed by atoms with van der Waals surface area (Å²) in [7, 11) is 1.58. The summed E-state index contributed by atoms with van der Waals surface area (Å²) < 4.78 is 5.28. The maximum absolute atomic E-state index is 11.6. The molecule has 2 atom stereocenters. The molecule has 2 N–H and O–H groups in total. The Hall–Kier alpha value is -1.55. The van der Waals surface area contributed by atoms with Gasteiger partial charge in [0.25, 0.3) is 0 Å². The highest BCUT2D eigenvalue weighted by Gasteiger charge is 2.34. The van der Waals surface area contributed by atoms with Crippen LogP contribution >= 0.6 is 0 Å². The fourth-order valence-electron chi connectivity index (χ4n) is 3.27. The molecule has 1 aliphatic rings. The van der Waals surface area contributed by atoms with Crippen molar-refractivity contribution in [3.05, 3.63) is 29.8 Å². The van der Waals surface area contributed by atoms with Crippen LogP contribution in [0.15, 0.2) is 24.3 Å². The lowest BCUT2D eigenvalue weighted by Gasteiger charge is -2.30. The van der Waals surface area contributed by atoms with Crippen LogP contribution in [-0.2, 0) is 11.2 Å². The van der Waals surface area contributed by atoms with E-state index in [4.69, 9.17) is 4.74 Å². The number of hydrogen-bond donors (Lipinski definition) is 2. The number of methoxy groups -OCH3 is 1. The third kappa shape index (κ3) is 3.97. The summed E-state index contributed by atoms with van der Waals surface area (Å²) in [6.07, 6.45) is 4.73. The molecule has 1 aliphatic carbocycles. The van der Waals surface area contributed by atoms with Gasteiger partial charge >= 0.3 is 5.97 Å². The van der Waals surface area contributed by atoms with Crippen LogP contribution in [0.3, 0.4) is 0 Å². The summed E-state index contributed by atoms with van der Waals surface area (Å²) in [5.41, 5.74) is 0.835. The van der Waals surface area contributed by atoms with Gasteiger partial charge in [-0.15, -0.1) is 0 Å². The zero-order valence-corrected chi connectivity index (χ0v) is 12.5. The van der Waals surface area contributed by atoms with Gasteiger partial charge in [0.1, 0.15) is 5.75 Å². The zero-order chi connectivity index (χ0) is 15.2. The number of hydrogen-bond acceptors (Lipinski definition) is 3. The molecular weight excluding hydrogens is 268 g/mol. The lowest BCUT2D eigenvalue weighted by molar-refractivity contribution is -0.147. The first-order chi connectivity index (χ1) is 10.1. The Labute approximate surface area is 125 Å². The van der Waals surface area contributed by atoms with Gasteiger partial charge in [-0.25, -0.2) is 0 Å². The van der Waals surface area contributed by atoms with E-state index >= 15 is 0 Å². The highest BCUT2D eigenvalue weighted by atomic mass is 16.5. The van der Waals surface area contributed by atoms with Crippen LogP contribution in [0.1, 0.15) is 37.7 Å². The van der Waals surface area contributed by atoms with Crippen LogP contribution in [0.5, 0.6) is 5.75 Å². The molecule has 1 aromatic rings. The molecule has 0 spiro atoms. The van der Waals surface area contributed by atoms with Gasteiger partial charge in [-0.3, -0.25) is 4.79 Å². The molecule has 0 saturated heterocycles. The number of carboxylic acid groups (broad SMARTS) is 1. The maximum atomic E-state index is 11.6. The van der Waals surface area contributed by atoms with E-state index in [2.05, 4.69) is 0 Å². The Kier molecular flexibility index (Phi) is 5.62. The van der Waals surface area contributed by atoms with Crippen LogP contribution in [-0.4, -0.2) is 29.4 Å². The van der Waals surface area contributed by atoms with E-state index in [1.165, 1.54) is 6.42 Å². The van der Waals surface area contributed by atoms with Gasteiger partial charge in [-0.2, -0.15) is 0 Å². The number of para-hydroxylation sites is 1. The lowest BCUT2D eigenvalue weighted by Crippen LogP contribution is -2.37. The first-order valence-corrected chi connectivity index (χ1v) is 7.66. The smallest absolute Gasteiger partial charge is 0.309 e. The van der Waals surface area contributed by atoms with E-state index < -0.39 is 18.0 Å². The molecule has 0 aromatic heterocycles. The van der Waals surface area contributed by atoms with Crippen molar-refractivity contribution in [3.63, 3.8) is 0 Å². The van der Waals surface area contributed by atoms with Crippen molar-refractivity contribution >= 4 is 5.97 Å². The van der Waals surface area contributed by atoms with Crippen molar-refractivity contribution in [2.75, 3.05) is 7.11 Å². The quantitative estimate of drug-likeness (QED) is 0.846. The van der Waals surface area contributed by atoms with E-state index in [-0.39, 0.29) is 5.92 Å². The SMILES string of the molecule is COc1ccccc1CC(C(=O)O)C(O)C1CCCCC1. The van der Waals surface area contributed by atoms with Crippen LogP contribution in [0.4, 0.5) is 0 Å². The minimum absolute atomic E-state index is 0.106. The van der Waals surface area contributed by atoms with Gasteiger partial charge in [0.2, 0.25) is 0 Å². The molecule has 1 aromatic carbocycles. The van der Waals surface area contributed by atoms with Crippen molar-refractivity contribution in [1.82, 2.24) is 0 Å². The molecule has 4 heteroatoms. The average Bonchev–Trinajstić information content (AvgIpc) is 2.53. The van der Waals surface area contributed by atoms with Crippen LogP contribution in [0, 0.1) is 11.8 Å². The second-order valence-electron chi connectivity index (χ2n) is 5.85. The highest BCUT2D eigenvalue weighted by molar-refractivity contribution is 5.71. The van der Waals surface area contributed by atoms with Crippen molar-refractivity contribution in [2.45, 2.75) is 44.6 Å². The first kappa shape index (κ1) is 15.8. The Balaban J connectivity index is 2.13. The van der Waals surface area contributed by atoms with Crippen LogP contribution in [0.25, 0.3) is 0 Å². The third-order valence-electron chi connectivity index (χ3n) is 4.49. The summed E-state index contributed by atoms with van der Waals surface area (Å²) in [5.74, 6) is -0.919. The molecule has 4 nitrogen and oxygen atoms in total. The number of rotatable bonds is 6. The minimum atomic E-state index is -0.932. The minimum Gasteiger partial charge on any atom is -0.496 e. The summed E-state index contributed by atoms with van der Waals surface area (Å²) in [5, 5.41) is 20.0. The predicted octanol–water partition coefficient (Wildman–Crippen LogP) is 2.88. The van der Waals surface area contributed by atoms with Crippen LogP contribution in [0.2, 0.25) is 0 Å². The van der Waals surface area contributed by atoms with Gasteiger partial charge in [-0.05, 0) is 36.8 Å². The Bertz CT molecular complexity index is 466. The molecule has 1 fully saturated rings. The molecule has 116 valence electrons. The number of benzene rings is 1. The molecular formula is C17H24O4. The Morgan fingerprint density at radius 2 is 1.95 bits per heavy atom. The number of aliphatic hydroxyl groups is 1. The molecule has 0 bridgehead atoms. The second-order valence-corrected chi connectivity index (χ2v) is 5.85. The monoisotopic (exact) mass is 292 g/mol. The van der Waals surface area contributed by atoms with E-state index in [1.54, 1.807) is 7.11 Å². The zero-order valence-electron chi connectivity index (χ0n) is 12.5. The summed E-state index contributed by atoms with van der Waals surface area (Å²) in [4.78, 5) is 11.6. The average molecular weight is 292 g/mol. The molecule has 2 rings (SSSR count). The number of ether oxygens (including phenoxy) is 1. The summed E-state index contributed by atoms with van der Waals surface area (Å²) in [6.45, 7) is 0. The maximum Gasteiger partial charge on any atom is 0.309 e. The lowest BCUT2D eigenvalue weighted by atomic mass is 9.78. The van der Waals surface area contributed by atoms with E-state index in [9.17, 15) is 15.0 Å². The van der Waals surface area contributed by atoms with Gasteiger partial charge in [0.15, 0.2) is 0 Å². The third-order valence-corrected chi connectivity index (χ3v) is 4.49. The molecule has 1 saturated carbocycles. The summed E-state index contributed by atoms with van der Waals surface area (Å²) in [6, 6.07) is 7.41. The molecule has 0 heterocycles. The molecule has 21 heavy (non-hydrogen) atoms. The predicted molar refractivity (Wildman–Crippen MR) is 80.4 cm³/mol. The standard InChI is InChI=1S/C17H24O4/c1-21-15-10-6-5-9-13(15)11-14(17(19)20)16(18)12-7-3-2-4-8-12/h5-6,9-10,12,14,16,18H,2-4,7-8,11H2,1H3,(H,19,20). The number of carboxylic acids is 1. The second kappa shape index (κ2) is 7.46. The van der Waals surface area contributed by atoms with E-state index in [0.717, 1.165) is 31.2 Å². The van der Waals surface area contributed by atoms with E-state index in [0.29, 0.717) is 12.2 Å². The fourth-order valence-corrected chi connectivity index (χ4v) is 3.27. The van der Waals surface area contributed by atoms with E-state index in [1.807, 2.05) is 24.3 Å². The number of aliphatic hydroxyl groups excluding tert-OH is 1. The molecule has 2 unspecified atom stereocenters. The number of carbonyl (C=O) groups is 1. The van der Waals surface area contributed by atoms with Gasteiger partial charge in [-0.1, -0.05) is 37.5 Å². The van der Waals surface area contributed by atoms with Gasteiger partial charge in [0.05, 0.1) is 19.1 Å². The van der Waals surface area contributed by atoms with Gasteiger partial charge < -0.3 is 14.9 Å². The topological polar surface area (TPSA) is 66.8 Å². The highest BCUT2D eigenvalue weighted by Crippen LogP contribution is 2.32. The number of aliphatic carboxylic acids is 1. The molecule has 0 amide bonds. The Morgan fingerprint density at radius 3 is 2.57 bits per heavy atom.